The highest BCUT2D eigenvalue weighted by Crippen LogP contribution is 2.27. The quantitative estimate of drug-likeness (QED) is 0.657. The highest BCUT2D eigenvalue weighted by Gasteiger charge is 2.30. The standard InChI is InChI=1S/C18H25N3O3/c1-13(22)21-16(14-7-5-6-8-14)18(24)20-12-11-19-17(23)15-9-3-2-4-10-15/h2-4,9-10,14,16H,5-8,11-12H2,1H3,(H,19,23)(H,20,24)(H,21,22). The van der Waals surface area contributed by atoms with Gasteiger partial charge in [0.2, 0.25) is 11.8 Å². The van der Waals surface area contributed by atoms with Crippen molar-refractivity contribution in [2.75, 3.05) is 13.1 Å². The maximum absolute atomic E-state index is 12.3. The number of benzene rings is 1. The molecule has 0 bridgehead atoms. The van der Waals surface area contributed by atoms with Crippen LogP contribution in [0.4, 0.5) is 0 Å². The summed E-state index contributed by atoms with van der Waals surface area (Å²) in [6, 6.07) is 8.45. The fourth-order valence-corrected chi connectivity index (χ4v) is 3.07. The van der Waals surface area contributed by atoms with Gasteiger partial charge in [-0.15, -0.1) is 0 Å². The number of hydrogen-bond acceptors (Lipinski definition) is 3. The molecule has 1 fully saturated rings. The van der Waals surface area contributed by atoms with Crippen LogP contribution in [0.3, 0.4) is 0 Å². The summed E-state index contributed by atoms with van der Waals surface area (Å²) in [6.07, 6.45) is 4.12. The van der Waals surface area contributed by atoms with Crippen LogP contribution in [0, 0.1) is 5.92 Å². The van der Waals surface area contributed by atoms with E-state index in [4.69, 9.17) is 0 Å². The molecule has 1 aromatic carbocycles. The molecule has 1 unspecified atom stereocenters. The van der Waals surface area contributed by atoms with E-state index in [-0.39, 0.29) is 23.6 Å². The summed E-state index contributed by atoms with van der Waals surface area (Å²) in [4.78, 5) is 35.6. The summed E-state index contributed by atoms with van der Waals surface area (Å²) in [5, 5.41) is 8.32. The maximum atomic E-state index is 12.3. The van der Waals surface area contributed by atoms with Crippen molar-refractivity contribution in [3.05, 3.63) is 35.9 Å². The average Bonchev–Trinajstić information content (AvgIpc) is 3.11. The largest absolute Gasteiger partial charge is 0.353 e. The minimum Gasteiger partial charge on any atom is -0.353 e. The lowest BCUT2D eigenvalue weighted by Gasteiger charge is -2.23. The van der Waals surface area contributed by atoms with Crippen molar-refractivity contribution in [1.29, 1.82) is 0 Å². The third kappa shape index (κ3) is 5.37. The van der Waals surface area contributed by atoms with Gasteiger partial charge in [0, 0.05) is 25.6 Å². The van der Waals surface area contributed by atoms with Crippen LogP contribution < -0.4 is 16.0 Å². The third-order valence-electron chi connectivity index (χ3n) is 4.26. The topological polar surface area (TPSA) is 87.3 Å². The van der Waals surface area contributed by atoms with Crippen molar-refractivity contribution in [2.24, 2.45) is 5.92 Å². The maximum Gasteiger partial charge on any atom is 0.251 e. The number of hydrogen-bond donors (Lipinski definition) is 3. The lowest BCUT2D eigenvalue weighted by Crippen LogP contribution is -2.51. The Morgan fingerprint density at radius 3 is 2.29 bits per heavy atom. The van der Waals surface area contributed by atoms with Crippen molar-refractivity contribution in [2.45, 2.75) is 38.6 Å². The summed E-state index contributed by atoms with van der Waals surface area (Å²) in [6.45, 7) is 2.10. The first kappa shape index (κ1) is 18.0. The minimum absolute atomic E-state index is 0.168. The Bertz CT molecular complexity index is 568. The van der Waals surface area contributed by atoms with Gasteiger partial charge in [-0.05, 0) is 30.9 Å². The molecular weight excluding hydrogens is 306 g/mol. The zero-order valence-corrected chi connectivity index (χ0v) is 14.0. The van der Waals surface area contributed by atoms with Crippen molar-refractivity contribution < 1.29 is 14.4 Å². The van der Waals surface area contributed by atoms with Gasteiger partial charge in [0.1, 0.15) is 6.04 Å². The predicted molar refractivity (Wildman–Crippen MR) is 91.3 cm³/mol. The molecule has 6 heteroatoms. The molecule has 0 heterocycles. The van der Waals surface area contributed by atoms with E-state index >= 15 is 0 Å². The number of carbonyl (C=O) groups excluding carboxylic acids is 3. The molecule has 1 aliphatic carbocycles. The predicted octanol–water partition coefficient (Wildman–Crippen LogP) is 1.23. The molecule has 3 N–H and O–H groups in total. The number of rotatable bonds is 7. The second kappa shape index (κ2) is 9.05. The molecule has 24 heavy (non-hydrogen) atoms. The molecule has 2 rings (SSSR count). The molecule has 6 nitrogen and oxygen atoms in total. The summed E-state index contributed by atoms with van der Waals surface area (Å²) >= 11 is 0. The fourth-order valence-electron chi connectivity index (χ4n) is 3.07. The van der Waals surface area contributed by atoms with Crippen LogP contribution in [0.1, 0.15) is 43.0 Å². The van der Waals surface area contributed by atoms with Gasteiger partial charge in [0.25, 0.3) is 5.91 Å². The van der Waals surface area contributed by atoms with Crippen LogP contribution in [0.5, 0.6) is 0 Å². The van der Waals surface area contributed by atoms with Gasteiger partial charge in [-0.1, -0.05) is 31.0 Å². The summed E-state index contributed by atoms with van der Waals surface area (Å²) in [5.74, 6) is -0.336. The van der Waals surface area contributed by atoms with Crippen LogP contribution in [0.15, 0.2) is 30.3 Å². The van der Waals surface area contributed by atoms with E-state index in [0.717, 1.165) is 25.7 Å². The number of nitrogens with one attached hydrogen (secondary N) is 3. The van der Waals surface area contributed by atoms with Crippen molar-refractivity contribution in [3.63, 3.8) is 0 Å². The van der Waals surface area contributed by atoms with Gasteiger partial charge in [0.15, 0.2) is 0 Å². The zero-order chi connectivity index (χ0) is 17.4. The van der Waals surface area contributed by atoms with E-state index < -0.39 is 6.04 Å². The molecule has 1 aliphatic rings. The zero-order valence-electron chi connectivity index (χ0n) is 14.0. The Morgan fingerprint density at radius 1 is 1.04 bits per heavy atom. The van der Waals surface area contributed by atoms with Gasteiger partial charge in [-0.3, -0.25) is 14.4 Å². The normalized spacial score (nSPS) is 15.5. The SMILES string of the molecule is CC(=O)NC(C(=O)NCCNC(=O)c1ccccc1)C1CCCC1. The lowest BCUT2D eigenvalue weighted by atomic mass is 9.97. The monoisotopic (exact) mass is 331 g/mol. The van der Waals surface area contributed by atoms with E-state index in [9.17, 15) is 14.4 Å². The molecule has 0 saturated heterocycles. The van der Waals surface area contributed by atoms with Gasteiger partial charge in [-0.2, -0.15) is 0 Å². The third-order valence-corrected chi connectivity index (χ3v) is 4.26. The molecule has 130 valence electrons. The summed E-state index contributed by atoms with van der Waals surface area (Å²) < 4.78 is 0. The van der Waals surface area contributed by atoms with Crippen molar-refractivity contribution in [1.82, 2.24) is 16.0 Å². The van der Waals surface area contributed by atoms with Gasteiger partial charge < -0.3 is 16.0 Å². The Morgan fingerprint density at radius 2 is 1.67 bits per heavy atom. The van der Waals surface area contributed by atoms with Crippen molar-refractivity contribution in [3.8, 4) is 0 Å². The summed E-state index contributed by atoms with van der Waals surface area (Å²) in [7, 11) is 0. The summed E-state index contributed by atoms with van der Waals surface area (Å²) in [5.41, 5.74) is 0.589. The molecule has 0 aromatic heterocycles. The lowest BCUT2D eigenvalue weighted by molar-refractivity contribution is -0.129. The van der Waals surface area contributed by atoms with Crippen LogP contribution >= 0.6 is 0 Å². The second-order valence-corrected chi connectivity index (χ2v) is 6.14. The van der Waals surface area contributed by atoms with Gasteiger partial charge in [0.05, 0.1) is 0 Å². The van der Waals surface area contributed by atoms with Gasteiger partial charge >= 0.3 is 0 Å². The minimum atomic E-state index is -0.477. The Hall–Kier alpha value is -2.37. The number of amides is 3. The van der Waals surface area contributed by atoms with Crippen molar-refractivity contribution >= 4 is 17.7 Å². The highest BCUT2D eigenvalue weighted by molar-refractivity contribution is 5.94. The van der Waals surface area contributed by atoms with Crippen LogP contribution in [-0.4, -0.2) is 36.9 Å². The molecule has 3 amide bonds. The number of carbonyl (C=O) groups is 3. The highest BCUT2D eigenvalue weighted by atomic mass is 16.2. The molecule has 0 spiro atoms. The van der Waals surface area contributed by atoms with E-state index in [0.29, 0.717) is 18.7 Å². The molecular formula is C18H25N3O3. The van der Waals surface area contributed by atoms with E-state index in [1.807, 2.05) is 6.07 Å². The Labute approximate surface area is 142 Å². The fraction of sp³-hybridized carbons (Fsp3) is 0.500. The second-order valence-electron chi connectivity index (χ2n) is 6.14. The van der Waals surface area contributed by atoms with Crippen LogP contribution in [-0.2, 0) is 9.59 Å². The van der Waals surface area contributed by atoms with Crippen LogP contribution in [0.2, 0.25) is 0 Å². The van der Waals surface area contributed by atoms with E-state index in [1.165, 1.54) is 6.92 Å². The molecule has 1 atom stereocenters. The van der Waals surface area contributed by atoms with Gasteiger partial charge in [-0.25, -0.2) is 0 Å². The first-order chi connectivity index (χ1) is 11.6. The molecule has 0 radical (unpaired) electrons. The van der Waals surface area contributed by atoms with E-state index in [2.05, 4.69) is 16.0 Å². The van der Waals surface area contributed by atoms with E-state index in [1.54, 1.807) is 24.3 Å². The molecule has 1 saturated carbocycles. The Kier molecular flexibility index (Phi) is 6.78. The first-order valence-electron chi connectivity index (χ1n) is 8.46. The smallest absolute Gasteiger partial charge is 0.251 e. The molecule has 1 aromatic rings. The first-order valence-corrected chi connectivity index (χ1v) is 8.46. The van der Waals surface area contributed by atoms with Crippen LogP contribution in [0.25, 0.3) is 0 Å². The molecule has 0 aliphatic heterocycles. The Balaban J connectivity index is 1.76. The average molecular weight is 331 g/mol.